The summed E-state index contributed by atoms with van der Waals surface area (Å²) in [7, 11) is -1.48. The van der Waals surface area contributed by atoms with Crippen LogP contribution >= 0.6 is 0 Å². The van der Waals surface area contributed by atoms with Crippen molar-refractivity contribution in [2.24, 2.45) is 5.92 Å². The van der Waals surface area contributed by atoms with E-state index in [1.807, 2.05) is 19.3 Å². The van der Waals surface area contributed by atoms with E-state index in [1.165, 1.54) is 6.33 Å². The largest absolute Gasteiger partial charge is 0.356 e. The molecule has 3 aromatic heterocycles. The van der Waals surface area contributed by atoms with Gasteiger partial charge in [0.15, 0.2) is 15.4 Å². The van der Waals surface area contributed by atoms with Crippen LogP contribution in [0.2, 0.25) is 0 Å². The molecule has 28 heavy (non-hydrogen) atoms. The molecule has 0 amide bonds. The van der Waals surface area contributed by atoms with Crippen LogP contribution in [0.4, 0.5) is 5.82 Å². The lowest BCUT2D eigenvalue weighted by molar-refractivity contribution is 0.282. The summed E-state index contributed by atoms with van der Waals surface area (Å²) in [5.74, 6) is 1.04. The summed E-state index contributed by atoms with van der Waals surface area (Å²) in [5, 5.41) is 8.44. The van der Waals surface area contributed by atoms with Gasteiger partial charge in [-0.15, -0.1) is 0 Å². The van der Waals surface area contributed by atoms with Crippen LogP contribution in [0.15, 0.2) is 46.3 Å². The van der Waals surface area contributed by atoms with Crippen LogP contribution in [0.25, 0.3) is 22.1 Å². The van der Waals surface area contributed by atoms with Gasteiger partial charge >= 0.3 is 0 Å². The predicted octanol–water partition coefficient (Wildman–Crippen LogP) is 2.18. The first-order valence-electron chi connectivity index (χ1n) is 8.98. The zero-order valence-electron chi connectivity index (χ0n) is 15.1. The maximum absolute atomic E-state index is 12.9. The highest BCUT2D eigenvalue weighted by Gasteiger charge is 2.37. The zero-order chi connectivity index (χ0) is 19.3. The Morgan fingerprint density at radius 1 is 1.21 bits per heavy atom. The number of aromatic nitrogens is 5. The topological polar surface area (TPSA) is 118 Å². The average molecular weight is 398 g/mol. The van der Waals surface area contributed by atoms with Gasteiger partial charge in [0.25, 0.3) is 0 Å². The number of nitrogens with one attached hydrogen (secondary N) is 1. The number of aromatic amines is 1. The van der Waals surface area contributed by atoms with Crippen LogP contribution in [0, 0.1) is 5.92 Å². The van der Waals surface area contributed by atoms with Crippen LogP contribution in [0.3, 0.4) is 0 Å². The van der Waals surface area contributed by atoms with Gasteiger partial charge in [-0.25, -0.2) is 23.0 Å². The van der Waals surface area contributed by atoms with E-state index in [4.69, 9.17) is 0 Å². The minimum Gasteiger partial charge on any atom is -0.356 e. The highest BCUT2D eigenvalue weighted by atomic mass is 32.2. The summed E-state index contributed by atoms with van der Waals surface area (Å²) >= 11 is 0. The Labute approximate surface area is 160 Å². The molecule has 1 fully saturated rings. The number of benzene rings is 1. The van der Waals surface area contributed by atoms with Gasteiger partial charge in [-0.2, -0.15) is 0 Å². The number of hydrogen-bond acceptors (Lipinski definition) is 8. The Bertz CT molecular complexity index is 1260. The Morgan fingerprint density at radius 2 is 2.07 bits per heavy atom. The molecule has 0 radical (unpaired) electrons. The molecule has 1 saturated carbocycles. The van der Waals surface area contributed by atoms with Gasteiger partial charge in [0.05, 0.1) is 16.0 Å². The smallest absolute Gasteiger partial charge is 0.180 e. The van der Waals surface area contributed by atoms with E-state index in [1.54, 1.807) is 18.2 Å². The Hall–Kier alpha value is -3.01. The van der Waals surface area contributed by atoms with Gasteiger partial charge in [0.1, 0.15) is 23.3 Å². The summed E-state index contributed by atoms with van der Waals surface area (Å²) < 4.78 is 30.5. The van der Waals surface area contributed by atoms with Crippen molar-refractivity contribution in [2.75, 3.05) is 17.7 Å². The molecule has 0 aliphatic heterocycles. The van der Waals surface area contributed by atoms with E-state index in [0.717, 1.165) is 29.7 Å². The van der Waals surface area contributed by atoms with Crippen LogP contribution in [0.5, 0.6) is 0 Å². The fourth-order valence-electron chi connectivity index (χ4n) is 3.90. The summed E-state index contributed by atoms with van der Waals surface area (Å²) in [6.45, 7) is 0. The quantitative estimate of drug-likeness (QED) is 0.543. The average Bonchev–Trinajstić information content (AvgIpc) is 3.31. The molecular formula is C18H18N6O3S. The van der Waals surface area contributed by atoms with E-state index in [9.17, 15) is 8.42 Å². The van der Waals surface area contributed by atoms with E-state index >= 15 is 0 Å². The third-order valence-electron chi connectivity index (χ3n) is 5.46. The molecule has 1 aliphatic rings. The Balaban J connectivity index is 1.31. The maximum atomic E-state index is 12.9. The first-order valence-corrected chi connectivity index (χ1v) is 10.6. The third kappa shape index (κ3) is 2.71. The summed E-state index contributed by atoms with van der Waals surface area (Å²) in [4.78, 5) is 14.0. The number of H-pyrrole nitrogens is 1. The molecule has 1 aromatic carbocycles. The highest BCUT2D eigenvalue weighted by Crippen LogP contribution is 2.37. The van der Waals surface area contributed by atoms with Crippen molar-refractivity contribution in [1.82, 2.24) is 25.3 Å². The molecule has 0 unspecified atom stereocenters. The second kappa shape index (κ2) is 6.26. The highest BCUT2D eigenvalue weighted by molar-refractivity contribution is 7.91. The van der Waals surface area contributed by atoms with Crippen LogP contribution in [-0.4, -0.2) is 52.5 Å². The van der Waals surface area contributed by atoms with Crippen molar-refractivity contribution < 1.29 is 13.0 Å². The molecule has 9 nitrogen and oxygen atoms in total. The van der Waals surface area contributed by atoms with Gasteiger partial charge in [0, 0.05) is 19.3 Å². The molecule has 0 atom stereocenters. The molecular weight excluding hydrogens is 380 g/mol. The summed E-state index contributed by atoms with van der Waals surface area (Å²) in [6.07, 6.45) is 4.96. The number of nitrogens with zero attached hydrogens (tertiary/aromatic N) is 5. The minimum absolute atomic E-state index is 0.0899. The fraction of sp³-hybridized carbons (Fsp3) is 0.333. The first kappa shape index (κ1) is 17.1. The van der Waals surface area contributed by atoms with Crippen molar-refractivity contribution >= 4 is 37.7 Å². The summed E-state index contributed by atoms with van der Waals surface area (Å²) in [5.41, 5.74) is 1.54. The van der Waals surface area contributed by atoms with E-state index in [0.29, 0.717) is 11.0 Å². The van der Waals surface area contributed by atoms with E-state index < -0.39 is 9.84 Å². The van der Waals surface area contributed by atoms with Crippen molar-refractivity contribution in [3.05, 3.63) is 36.8 Å². The molecule has 5 rings (SSSR count). The number of fused-ring (bicyclic) bond motifs is 2. The summed E-state index contributed by atoms with van der Waals surface area (Å²) in [6, 6.07) is 7.11. The maximum Gasteiger partial charge on any atom is 0.180 e. The number of rotatable bonds is 5. The molecule has 1 aliphatic carbocycles. The van der Waals surface area contributed by atoms with Crippen molar-refractivity contribution in [2.45, 2.75) is 23.8 Å². The van der Waals surface area contributed by atoms with Crippen LogP contribution in [-0.2, 0) is 9.84 Å². The molecule has 0 spiro atoms. The molecule has 0 saturated heterocycles. The normalized spacial score (nSPS) is 19.8. The third-order valence-corrected chi connectivity index (χ3v) is 7.37. The monoisotopic (exact) mass is 398 g/mol. The van der Waals surface area contributed by atoms with Gasteiger partial charge < -0.3 is 9.88 Å². The van der Waals surface area contributed by atoms with Crippen molar-refractivity contribution in [3.63, 3.8) is 0 Å². The SMILES string of the molecule is CN(c1ncnc2[nH]ccc12)C1CC(CS(=O)(=O)c2cccc3nonc23)C1. The van der Waals surface area contributed by atoms with E-state index in [-0.39, 0.29) is 22.6 Å². The predicted molar refractivity (Wildman–Crippen MR) is 103 cm³/mol. The molecule has 144 valence electrons. The van der Waals surface area contributed by atoms with Crippen molar-refractivity contribution in [1.29, 1.82) is 0 Å². The van der Waals surface area contributed by atoms with E-state index in [2.05, 4.69) is 34.8 Å². The lowest BCUT2D eigenvalue weighted by Crippen LogP contribution is -2.45. The molecule has 1 N–H and O–H groups in total. The second-order valence-corrected chi connectivity index (χ2v) is 9.21. The van der Waals surface area contributed by atoms with Crippen LogP contribution < -0.4 is 4.90 Å². The second-order valence-electron chi connectivity index (χ2n) is 7.21. The molecule has 3 heterocycles. The number of hydrogen-bond donors (Lipinski definition) is 1. The molecule has 4 aromatic rings. The zero-order valence-corrected chi connectivity index (χ0v) is 15.9. The van der Waals surface area contributed by atoms with Gasteiger partial charge in [0.2, 0.25) is 0 Å². The lowest BCUT2D eigenvalue weighted by Gasteiger charge is -2.41. The van der Waals surface area contributed by atoms with Gasteiger partial charge in [-0.05, 0) is 47.3 Å². The lowest BCUT2D eigenvalue weighted by atomic mass is 9.81. The molecule has 10 heteroatoms. The van der Waals surface area contributed by atoms with Crippen molar-refractivity contribution in [3.8, 4) is 0 Å². The standard InChI is InChI=1S/C18H18N6O3S/c1-24(18-13-5-6-19-17(13)20-10-21-18)12-7-11(8-12)9-28(25,26)15-4-2-3-14-16(15)23-27-22-14/h2-6,10-12H,7-9H2,1H3,(H,19,20,21). The number of sulfone groups is 1. The van der Waals surface area contributed by atoms with Gasteiger partial charge in [-0.1, -0.05) is 6.07 Å². The fourth-order valence-corrected chi connectivity index (χ4v) is 5.69. The number of anilines is 1. The Kier molecular flexibility index (Phi) is 3.83. The van der Waals surface area contributed by atoms with Gasteiger partial charge in [-0.3, -0.25) is 0 Å². The first-order chi connectivity index (χ1) is 13.5. The molecule has 0 bridgehead atoms. The minimum atomic E-state index is -3.47. The van der Waals surface area contributed by atoms with Crippen LogP contribution in [0.1, 0.15) is 12.8 Å². The Morgan fingerprint density at radius 3 is 2.93 bits per heavy atom.